The molecule has 2 aliphatic rings. The van der Waals surface area contributed by atoms with Crippen LogP contribution in [-0.2, 0) is 9.59 Å². The lowest BCUT2D eigenvalue weighted by Gasteiger charge is -2.16. The van der Waals surface area contributed by atoms with Crippen LogP contribution < -0.4 is 5.32 Å². The second-order valence-corrected chi connectivity index (χ2v) is 5.59. The molecule has 1 saturated heterocycles. The van der Waals surface area contributed by atoms with Gasteiger partial charge in [-0.15, -0.1) is 0 Å². The van der Waals surface area contributed by atoms with E-state index < -0.39 is 0 Å². The van der Waals surface area contributed by atoms with E-state index in [0.29, 0.717) is 11.2 Å². The molecule has 0 aromatic heterocycles. The molecule has 5 heteroatoms. The van der Waals surface area contributed by atoms with E-state index in [0.717, 1.165) is 6.54 Å². The summed E-state index contributed by atoms with van der Waals surface area (Å²) in [6.07, 6.45) is 4.85. The lowest BCUT2D eigenvalue weighted by atomic mass is 10.2. The molecule has 2 fully saturated rings. The molecule has 15 heavy (non-hydrogen) atoms. The van der Waals surface area contributed by atoms with Gasteiger partial charge in [0.2, 0.25) is 11.8 Å². The third-order valence-corrected chi connectivity index (χ3v) is 4.71. The van der Waals surface area contributed by atoms with Gasteiger partial charge in [-0.2, -0.15) is 11.8 Å². The highest BCUT2D eigenvalue weighted by molar-refractivity contribution is 8.00. The molecule has 0 spiro atoms. The maximum atomic E-state index is 11.6. The van der Waals surface area contributed by atoms with Crippen molar-refractivity contribution in [2.75, 3.05) is 19.8 Å². The molecule has 1 unspecified atom stereocenters. The van der Waals surface area contributed by atoms with Crippen LogP contribution in [0.2, 0.25) is 0 Å². The Balaban J connectivity index is 1.86. The quantitative estimate of drug-likeness (QED) is 0.700. The number of nitrogens with one attached hydrogen (secondary N) is 1. The fourth-order valence-electron chi connectivity index (χ4n) is 1.82. The van der Waals surface area contributed by atoms with Crippen molar-refractivity contribution < 1.29 is 9.59 Å². The summed E-state index contributed by atoms with van der Waals surface area (Å²) in [5.74, 6) is -0.164. The Morgan fingerprint density at radius 3 is 2.60 bits per heavy atom. The van der Waals surface area contributed by atoms with Gasteiger partial charge in [-0.1, -0.05) is 0 Å². The third kappa shape index (κ3) is 2.03. The summed E-state index contributed by atoms with van der Waals surface area (Å²) in [5, 5.41) is 3.21. The van der Waals surface area contributed by atoms with Crippen LogP contribution in [0.25, 0.3) is 0 Å². The average molecular weight is 228 g/mol. The van der Waals surface area contributed by atoms with E-state index in [4.69, 9.17) is 0 Å². The van der Waals surface area contributed by atoms with Crippen molar-refractivity contribution in [1.29, 1.82) is 0 Å². The van der Waals surface area contributed by atoms with Gasteiger partial charge < -0.3 is 5.32 Å². The maximum Gasteiger partial charge on any atom is 0.246 e. The van der Waals surface area contributed by atoms with E-state index in [2.05, 4.69) is 11.6 Å². The predicted octanol–water partition coefficient (Wildman–Crippen LogP) is 0.229. The van der Waals surface area contributed by atoms with Crippen molar-refractivity contribution in [2.24, 2.45) is 0 Å². The van der Waals surface area contributed by atoms with Crippen LogP contribution in [-0.4, -0.2) is 47.4 Å². The number of likely N-dealkylation sites (tertiary alicyclic amines) is 1. The minimum atomic E-state index is -0.285. The molecule has 4 nitrogen and oxygen atoms in total. The van der Waals surface area contributed by atoms with Crippen LogP contribution in [0.4, 0.5) is 0 Å². The fraction of sp³-hybridized carbons (Fsp3) is 0.800. The Labute approximate surface area is 93.8 Å². The summed E-state index contributed by atoms with van der Waals surface area (Å²) in [6.45, 7) is 0.839. The minimum absolute atomic E-state index is 0.0773. The van der Waals surface area contributed by atoms with Crippen LogP contribution in [0.15, 0.2) is 0 Å². The molecular weight excluding hydrogens is 212 g/mol. The second kappa shape index (κ2) is 3.79. The molecule has 1 aliphatic heterocycles. The summed E-state index contributed by atoms with van der Waals surface area (Å²) in [4.78, 5) is 24.1. The second-order valence-electron chi connectivity index (χ2n) is 4.32. The number of hydrogen-bond acceptors (Lipinski definition) is 4. The Bertz CT molecular complexity index is 302. The van der Waals surface area contributed by atoms with Crippen LogP contribution in [0.5, 0.6) is 0 Å². The highest BCUT2D eigenvalue weighted by atomic mass is 32.2. The zero-order valence-corrected chi connectivity index (χ0v) is 9.89. The highest BCUT2D eigenvalue weighted by Crippen LogP contribution is 2.46. The predicted molar refractivity (Wildman–Crippen MR) is 59.7 cm³/mol. The van der Waals surface area contributed by atoms with Crippen molar-refractivity contribution in [3.63, 3.8) is 0 Å². The standard InChI is InChI=1S/C10H16N2O2S/c1-12-8(13)5-7(9(12)14)11-6-10(15-2)3-4-10/h7,11H,3-6H2,1-2H3. The number of likely N-dealkylation sites (N-methyl/N-ethyl adjacent to an activating group) is 1. The Kier molecular flexibility index (Phi) is 2.77. The zero-order chi connectivity index (χ0) is 11.1. The lowest BCUT2D eigenvalue weighted by molar-refractivity contribution is -0.137. The average Bonchev–Trinajstić information content (AvgIpc) is 2.97. The van der Waals surface area contributed by atoms with Gasteiger partial charge in [-0.25, -0.2) is 0 Å². The van der Waals surface area contributed by atoms with Gasteiger partial charge >= 0.3 is 0 Å². The molecule has 1 aliphatic carbocycles. The minimum Gasteiger partial charge on any atom is -0.304 e. The SMILES string of the molecule is CSC1(CNC2CC(=O)N(C)C2=O)CC1. The molecule has 0 aromatic rings. The summed E-state index contributed by atoms with van der Waals surface area (Å²) in [7, 11) is 1.55. The summed E-state index contributed by atoms with van der Waals surface area (Å²) in [5.41, 5.74) is 0. The fourth-order valence-corrected chi connectivity index (χ4v) is 2.55. The van der Waals surface area contributed by atoms with Crippen LogP contribution in [0.1, 0.15) is 19.3 Å². The van der Waals surface area contributed by atoms with Gasteiger partial charge in [0.25, 0.3) is 0 Å². The number of thioether (sulfide) groups is 1. The van der Waals surface area contributed by atoms with Crippen molar-refractivity contribution in [3.05, 3.63) is 0 Å². The van der Waals surface area contributed by atoms with Gasteiger partial charge in [0.1, 0.15) is 0 Å². The molecule has 1 heterocycles. The number of carbonyl (C=O) groups excluding carboxylic acids is 2. The molecule has 1 atom stereocenters. The summed E-state index contributed by atoms with van der Waals surface area (Å²) < 4.78 is 0.338. The van der Waals surface area contributed by atoms with Crippen molar-refractivity contribution >= 4 is 23.6 Å². The van der Waals surface area contributed by atoms with Gasteiger partial charge in [0.15, 0.2) is 0 Å². The molecule has 1 N–H and O–H groups in total. The van der Waals surface area contributed by atoms with Gasteiger partial charge in [0, 0.05) is 18.3 Å². The topological polar surface area (TPSA) is 49.4 Å². The van der Waals surface area contributed by atoms with E-state index >= 15 is 0 Å². The van der Waals surface area contributed by atoms with E-state index in [9.17, 15) is 9.59 Å². The zero-order valence-electron chi connectivity index (χ0n) is 9.08. The summed E-state index contributed by atoms with van der Waals surface area (Å²) in [6, 6.07) is -0.285. The van der Waals surface area contributed by atoms with E-state index in [-0.39, 0.29) is 17.9 Å². The van der Waals surface area contributed by atoms with Crippen LogP contribution in [0.3, 0.4) is 0 Å². The van der Waals surface area contributed by atoms with Crippen molar-refractivity contribution in [3.8, 4) is 0 Å². The molecular formula is C10H16N2O2S. The number of imide groups is 1. The first-order chi connectivity index (χ1) is 7.08. The number of rotatable bonds is 4. The van der Waals surface area contributed by atoms with E-state index in [1.54, 1.807) is 7.05 Å². The first kappa shape index (κ1) is 11.0. The first-order valence-electron chi connectivity index (χ1n) is 5.17. The van der Waals surface area contributed by atoms with Gasteiger partial charge in [0.05, 0.1) is 12.5 Å². The molecule has 84 valence electrons. The molecule has 2 amide bonds. The molecule has 0 radical (unpaired) electrons. The summed E-state index contributed by atoms with van der Waals surface area (Å²) >= 11 is 1.85. The third-order valence-electron chi connectivity index (χ3n) is 3.29. The van der Waals surface area contributed by atoms with E-state index in [1.165, 1.54) is 17.7 Å². The molecule has 0 aromatic carbocycles. The Morgan fingerprint density at radius 2 is 2.20 bits per heavy atom. The largest absolute Gasteiger partial charge is 0.304 e. The maximum absolute atomic E-state index is 11.6. The van der Waals surface area contributed by atoms with Crippen molar-refractivity contribution in [1.82, 2.24) is 10.2 Å². The number of nitrogens with zero attached hydrogens (tertiary/aromatic N) is 1. The molecule has 2 rings (SSSR count). The number of hydrogen-bond donors (Lipinski definition) is 1. The smallest absolute Gasteiger partial charge is 0.246 e. The lowest BCUT2D eigenvalue weighted by Crippen LogP contribution is -2.40. The Hall–Kier alpha value is -0.550. The van der Waals surface area contributed by atoms with E-state index in [1.807, 2.05) is 11.8 Å². The number of amides is 2. The number of carbonyl (C=O) groups is 2. The molecule has 0 bridgehead atoms. The van der Waals surface area contributed by atoms with Crippen LogP contribution in [0, 0.1) is 0 Å². The van der Waals surface area contributed by atoms with Crippen LogP contribution >= 0.6 is 11.8 Å². The van der Waals surface area contributed by atoms with Crippen molar-refractivity contribution in [2.45, 2.75) is 30.1 Å². The Morgan fingerprint density at radius 1 is 1.53 bits per heavy atom. The monoisotopic (exact) mass is 228 g/mol. The normalized spacial score (nSPS) is 28.7. The van der Waals surface area contributed by atoms with Gasteiger partial charge in [-0.3, -0.25) is 14.5 Å². The highest BCUT2D eigenvalue weighted by Gasteiger charge is 2.44. The van der Waals surface area contributed by atoms with Gasteiger partial charge in [-0.05, 0) is 19.1 Å². The molecule has 1 saturated carbocycles. The first-order valence-corrected chi connectivity index (χ1v) is 6.39.